The molecule has 1 amide bonds. The number of halogens is 3. The third kappa shape index (κ3) is 4.92. The van der Waals surface area contributed by atoms with Crippen LogP contribution < -0.4 is 21.3 Å². The number of benzene rings is 2. The van der Waals surface area contributed by atoms with Crippen LogP contribution in [0.1, 0.15) is 12.0 Å². The summed E-state index contributed by atoms with van der Waals surface area (Å²) < 4.78 is 47.2. The standard InChI is InChI=1S/C22H21F3N4O4/c23-22(24,25)17-13-14(28-9-11-33-12-10-28)5-6-18(17)26-19(30)7-8-29-21(32)16-4-2-1-3-15(16)20(31)27-29/h1-6,13H,7-12H2,(H,26,30)(H,27,31). The third-order valence-corrected chi connectivity index (χ3v) is 5.41. The van der Waals surface area contributed by atoms with E-state index < -0.39 is 28.8 Å². The topological polar surface area (TPSA) is 96.4 Å². The minimum Gasteiger partial charge on any atom is -0.378 e. The van der Waals surface area contributed by atoms with Gasteiger partial charge in [0.1, 0.15) is 0 Å². The molecule has 1 aliphatic rings. The summed E-state index contributed by atoms with van der Waals surface area (Å²) in [6, 6.07) is 9.97. The normalized spacial score (nSPS) is 14.5. The Kier molecular flexibility index (Phi) is 6.23. The summed E-state index contributed by atoms with van der Waals surface area (Å²) >= 11 is 0. The number of amides is 1. The number of aromatic amines is 1. The van der Waals surface area contributed by atoms with Crippen molar-refractivity contribution >= 4 is 28.1 Å². The zero-order chi connectivity index (χ0) is 23.6. The highest BCUT2D eigenvalue weighted by molar-refractivity contribution is 5.92. The molecule has 1 aliphatic heterocycles. The second-order valence-corrected chi connectivity index (χ2v) is 7.57. The molecule has 0 atom stereocenters. The van der Waals surface area contributed by atoms with E-state index in [0.29, 0.717) is 32.0 Å². The molecular weight excluding hydrogens is 441 g/mol. The number of nitrogens with zero attached hydrogens (tertiary/aromatic N) is 2. The van der Waals surface area contributed by atoms with Crippen molar-refractivity contribution in [2.45, 2.75) is 19.1 Å². The van der Waals surface area contributed by atoms with Crippen molar-refractivity contribution in [3.8, 4) is 0 Å². The first kappa shape index (κ1) is 22.6. The molecule has 0 saturated carbocycles. The van der Waals surface area contributed by atoms with E-state index in [-0.39, 0.29) is 29.4 Å². The number of fused-ring (bicyclic) bond motifs is 1. The van der Waals surface area contributed by atoms with E-state index in [9.17, 15) is 27.6 Å². The lowest BCUT2D eigenvalue weighted by Crippen LogP contribution is -2.36. The molecule has 33 heavy (non-hydrogen) atoms. The van der Waals surface area contributed by atoms with Gasteiger partial charge in [0.2, 0.25) is 5.91 Å². The van der Waals surface area contributed by atoms with Gasteiger partial charge in [-0.2, -0.15) is 13.2 Å². The summed E-state index contributed by atoms with van der Waals surface area (Å²) in [7, 11) is 0. The molecule has 1 saturated heterocycles. The molecule has 2 aromatic carbocycles. The van der Waals surface area contributed by atoms with Crippen LogP contribution in [0.2, 0.25) is 0 Å². The van der Waals surface area contributed by atoms with Crippen LogP contribution in [0.25, 0.3) is 10.8 Å². The predicted molar refractivity (Wildman–Crippen MR) is 117 cm³/mol. The zero-order valence-electron chi connectivity index (χ0n) is 17.4. The Hall–Kier alpha value is -3.60. The molecule has 2 N–H and O–H groups in total. The van der Waals surface area contributed by atoms with Gasteiger partial charge in [0.25, 0.3) is 11.1 Å². The van der Waals surface area contributed by atoms with E-state index in [4.69, 9.17) is 4.74 Å². The fourth-order valence-electron chi connectivity index (χ4n) is 3.72. The number of anilines is 2. The summed E-state index contributed by atoms with van der Waals surface area (Å²) in [6.07, 6.45) is -4.98. The maximum Gasteiger partial charge on any atom is 0.418 e. The Labute approximate surface area is 185 Å². The largest absolute Gasteiger partial charge is 0.418 e. The number of nitrogens with one attached hydrogen (secondary N) is 2. The maximum atomic E-state index is 13.7. The molecule has 0 bridgehead atoms. The van der Waals surface area contributed by atoms with Crippen molar-refractivity contribution in [2.24, 2.45) is 0 Å². The van der Waals surface area contributed by atoms with Crippen molar-refractivity contribution in [1.29, 1.82) is 0 Å². The van der Waals surface area contributed by atoms with Gasteiger partial charge in [-0.1, -0.05) is 12.1 Å². The Balaban J connectivity index is 1.51. The van der Waals surface area contributed by atoms with E-state index in [2.05, 4.69) is 10.4 Å². The Morgan fingerprint density at radius 1 is 1.06 bits per heavy atom. The van der Waals surface area contributed by atoms with Crippen LogP contribution in [0.3, 0.4) is 0 Å². The lowest BCUT2D eigenvalue weighted by Gasteiger charge is -2.29. The van der Waals surface area contributed by atoms with Crippen molar-refractivity contribution in [2.75, 3.05) is 36.5 Å². The average molecular weight is 462 g/mol. The summed E-state index contributed by atoms with van der Waals surface area (Å²) in [5.74, 6) is -0.722. The molecule has 0 radical (unpaired) electrons. The quantitative estimate of drug-likeness (QED) is 0.608. The fraction of sp³-hybridized carbons (Fsp3) is 0.318. The van der Waals surface area contributed by atoms with Crippen LogP contribution in [0.4, 0.5) is 24.5 Å². The van der Waals surface area contributed by atoms with Gasteiger partial charge >= 0.3 is 6.18 Å². The monoisotopic (exact) mass is 462 g/mol. The van der Waals surface area contributed by atoms with Crippen LogP contribution in [0.15, 0.2) is 52.1 Å². The summed E-state index contributed by atoms with van der Waals surface area (Å²) in [5.41, 5.74) is -1.93. The molecule has 174 valence electrons. The van der Waals surface area contributed by atoms with Gasteiger partial charge in [-0.3, -0.25) is 19.5 Å². The second kappa shape index (κ2) is 9.10. The second-order valence-electron chi connectivity index (χ2n) is 7.57. The number of hydrogen-bond acceptors (Lipinski definition) is 5. The van der Waals surface area contributed by atoms with Gasteiger partial charge in [0.15, 0.2) is 0 Å². The van der Waals surface area contributed by atoms with E-state index >= 15 is 0 Å². The number of morpholine rings is 1. The van der Waals surface area contributed by atoms with E-state index in [1.807, 2.05) is 0 Å². The summed E-state index contributed by atoms with van der Waals surface area (Å²) in [4.78, 5) is 38.9. The number of rotatable bonds is 5. The highest BCUT2D eigenvalue weighted by Crippen LogP contribution is 2.37. The number of alkyl halides is 3. The minimum absolute atomic E-state index is 0.194. The Bertz CT molecular complexity index is 1290. The fourth-order valence-corrected chi connectivity index (χ4v) is 3.72. The minimum atomic E-state index is -4.68. The van der Waals surface area contributed by atoms with Gasteiger partial charge in [0.05, 0.1) is 41.8 Å². The van der Waals surface area contributed by atoms with Crippen molar-refractivity contribution < 1.29 is 22.7 Å². The molecule has 0 unspecified atom stereocenters. The van der Waals surface area contributed by atoms with Crippen molar-refractivity contribution in [1.82, 2.24) is 9.78 Å². The van der Waals surface area contributed by atoms with Crippen LogP contribution >= 0.6 is 0 Å². The first-order chi connectivity index (χ1) is 15.7. The smallest absolute Gasteiger partial charge is 0.378 e. The molecule has 8 nitrogen and oxygen atoms in total. The molecule has 2 heterocycles. The van der Waals surface area contributed by atoms with Crippen molar-refractivity contribution in [3.05, 3.63) is 68.7 Å². The molecule has 11 heteroatoms. The SMILES string of the molecule is O=C(CCn1[nH]c(=O)c2ccccc2c1=O)Nc1ccc(N2CCOCC2)cc1C(F)(F)F. The van der Waals surface area contributed by atoms with Crippen LogP contribution in [0, 0.1) is 0 Å². The van der Waals surface area contributed by atoms with Gasteiger partial charge < -0.3 is 15.0 Å². The van der Waals surface area contributed by atoms with Crippen LogP contribution in [-0.2, 0) is 22.3 Å². The number of carbonyl (C=O) groups is 1. The first-order valence-corrected chi connectivity index (χ1v) is 10.3. The lowest BCUT2D eigenvalue weighted by molar-refractivity contribution is -0.136. The van der Waals surface area contributed by atoms with Gasteiger partial charge in [0, 0.05) is 25.2 Å². The van der Waals surface area contributed by atoms with Crippen LogP contribution in [0.5, 0.6) is 0 Å². The summed E-state index contributed by atoms with van der Waals surface area (Å²) in [6.45, 7) is 1.60. The Morgan fingerprint density at radius 2 is 1.76 bits per heavy atom. The Morgan fingerprint density at radius 3 is 2.45 bits per heavy atom. The number of aryl methyl sites for hydroxylation is 1. The van der Waals surface area contributed by atoms with Gasteiger partial charge in [-0.25, -0.2) is 4.68 Å². The molecule has 4 rings (SSSR count). The lowest BCUT2D eigenvalue weighted by atomic mass is 10.1. The predicted octanol–water partition coefficient (Wildman–Crippen LogP) is 2.57. The highest BCUT2D eigenvalue weighted by atomic mass is 19.4. The summed E-state index contributed by atoms with van der Waals surface area (Å²) in [5, 5.41) is 5.08. The van der Waals surface area contributed by atoms with Gasteiger partial charge in [-0.15, -0.1) is 0 Å². The number of carbonyl (C=O) groups excluding carboxylic acids is 1. The van der Waals surface area contributed by atoms with Crippen LogP contribution in [-0.4, -0.2) is 42.0 Å². The molecule has 3 aromatic rings. The number of aromatic nitrogens is 2. The van der Waals surface area contributed by atoms with E-state index in [1.165, 1.54) is 24.3 Å². The third-order valence-electron chi connectivity index (χ3n) is 5.41. The highest BCUT2D eigenvalue weighted by Gasteiger charge is 2.34. The number of ether oxygens (including phenoxy) is 1. The average Bonchev–Trinajstić information content (AvgIpc) is 2.80. The molecule has 1 aromatic heterocycles. The van der Waals surface area contributed by atoms with E-state index in [0.717, 1.165) is 10.7 Å². The molecular formula is C22H21F3N4O4. The first-order valence-electron chi connectivity index (χ1n) is 10.3. The molecule has 1 fully saturated rings. The van der Waals surface area contributed by atoms with E-state index in [1.54, 1.807) is 17.0 Å². The molecule has 0 spiro atoms. The zero-order valence-corrected chi connectivity index (χ0v) is 17.4. The number of hydrogen-bond donors (Lipinski definition) is 2. The molecule has 0 aliphatic carbocycles. The van der Waals surface area contributed by atoms with Gasteiger partial charge in [-0.05, 0) is 30.3 Å². The maximum absolute atomic E-state index is 13.7. The van der Waals surface area contributed by atoms with Crippen molar-refractivity contribution in [3.63, 3.8) is 0 Å². The number of H-pyrrole nitrogens is 1.